The largest absolute Gasteiger partial charge is 0.392 e. The molecule has 1 amide bonds. The molecule has 1 fully saturated rings. The third-order valence-corrected chi connectivity index (χ3v) is 6.39. The van der Waals surface area contributed by atoms with Crippen molar-refractivity contribution in [3.63, 3.8) is 0 Å². The highest BCUT2D eigenvalue weighted by Crippen LogP contribution is 2.42. The van der Waals surface area contributed by atoms with E-state index in [0.29, 0.717) is 5.69 Å². The second-order valence-corrected chi connectivity index (χ2v) is 9.31. The number of aliphatic hydroxyl groups excluding tert-OH is 1. The van der Waals surface area contributed by atoms with Gasteiger partial charge >= 0.3 is 0 Å². The molecule has 3 aromatic rings. The van der Waals surface area contributed by atoms with Gasteiger partial charge in [-0.05, 0) is 35.9 Å². The van der Waals surface area contributed by atoms with Gasteiger partial charge in [0.25, 0.3) is 0 Å². The zero-order valence-electron chi connectivity index (χ0n) is 20.6. The van der Waals surface area contributed by atoms with E-state index < -0.39 is 6.29 Å². The number of anilines is 1. The van der Waals surface area contributed by atoms with E-state index in [1.807, 2.05) is 54.6 Å². The topological polar surface area (TPSA) is 71.0 Å². The van der Waals surface area contributed by atoms with E-state index in [1.54, 1.807) is 0 Å². The van der Waals surface area contributed by atoms with E-state index in [2.05, 4.69) is 48.5 Å². The van der Waals surface area contributed by atoms with E-state index in [0.717, 1.165) is 29.8 Å². The Hall–Kier alpha value is -3.03. The van der Waals surface area contributed by atoms with Crippen molar-refractivity contribution in [2.75, 3.05) is 18.9 Å². The highest BCUT2D eigenvalue weighted by Gasteiger charge is 2.38. The minimum atomic E-state index is -0.572. The first kappa shape index (κ1) is 25.1. The highest BCUT2D eigenvalue weighted by molar-refractivity contribution is 5.88. The van der Waals surface area contributed by atoms with Crippen molar-refractivity contribution in [3.8, 4) is 0 Å². The highest BCUT2D eigenvalue weighted by atomic mass is 16.7. The number of carbonyl (C=O) groups is 1. The summed E-state index contributed by atoms with van der Waals surface area (Å²) < 4.78 is 13.1. The molecule has 4 atom stereocenters. The number of ether oxygens (including phenoxy) is 2. The van der Waals surface area contributed by atoms with Crippen molar-refractivity contribution in [3.05, 3.63) is 101 Å². The van der Waals surface area contributed by atoms with Gasteiger partial charge in [0.2, 0.25) is 5.91 Å². The van der Waals surface area contributed by atoms with E-state index in [-0.39, 0.29) is 30.6 Å². The van der Waals surface area contributed by atoms with E-state index in [1.165, 1.54) is 12.5 Å². The maximum atomic E-state index is 11.6. The molecular formula is C29H34N2O4. The lowest BCUT2D eigenvalue weighted by Gasteiger charge is -2.42. The number of rotatable bonds is 8. The van der Waals surface area contributed by atoms with Gasteiger partial charge in [-0.2, -0.15) is 0 Å². The first-order chi connectivity index (χ1) is 16.9. The summed E-state index contributed by atoms with van der Waals surface area (Å²) in [7, 11) is 2.11. The summed E-state index contributed by atoms with van der Waals surface area (Å²) in [5, 5.41) is 12.3. The summed E-state index contributed by atoms with van der Waals surface area (Å²) in [6.45, 7) is 5.23. The van der Waals surface area contributed by atoms with Crippen LogP contribution in [0.5, 0.6) is 0 Å². The van der Waals surface area contributed by atoms with Crippen LogP contribution in [0.3, 0.4) is 0 Å². The van der Waals surface area contributed by atoms with Crippen LogP contribution in [0.1, 0.15) is 48.5 Å². The summed E-state index contributed by atoms with van der Waals surface area (Å²) in [5.41, 5.74) is 4.74. The third-order valence-electron chi connectivity index (χ3n) is 6.39. The fourth-order valence-corrected chi connectivity index (χ4v) is 4.56. The van der Waals surface area contributed by atoms with Crippen LogP contribution < -0.4 is 5.32 Å². The van der Waals surface area contributed by atoms with Crippen molar-refractivity contribution >= 4 is 11.6 Å². The SMILES string of the molecule is CC(=O)Nc1cccc([C@H]2O[C@@H](CN(C)Cc3ccccc3)[C@@H](C)[C@@H](c3ccc(CO)cc3)O2)c1. The molecule has 0 unspecified atom stereocenters. The van der Waals surface area contributed by atoms with Crippen LogP contribution in [0.2, 0.25) is 0 Å². The van der Waals surface area contributed by atoms with Crippen LogP contribution in [-0.2, 0) is 27.4 Å². The Bertz CT molecular complexity index is 1100. The molecule has 35 heavy (non-hydrogen) atoms. The molecule has 0 radical (unpaired) electrons. The average Bonchev–Trinajstić information content (AvgIpc) is 2.86. The molecule has 184 valence electrons. The predicted molar refractivity (Wildman–Crippen MR) is 136 cm³/mol. The van der Waals surface area contributed by atoms with Crippen molar-refractivity contribution in [1.29, 1.82) is 0 Å². The molecule has 3 aromatic carbocycles. The van der Waals surface area contributed by atoms with Gasteiger partial charge in [0.15, 0.2) is 6.29 Å². The summed E-state index contributed by atoms with van der Waals surface area (Å²) in [6.07, 6.45) is -0.826. The molecule has 0 aromatic heterocycles. The fraction of sp³-hybridized carbons (Fsp3) is 0.345. The van der Waals surface area contributed by atoms with E-state index in [4.69, 9.17) is 9.47 Å². The van der Waals surface area contributed by atoms with Gasteiger partial charge in [-0.15, -0.1) is 0 Å². The third kappa shape index (κ3) is 6.55. The van der Waals surface area contributed by atoms with Gasteiger partial charge < -0.3 is 19.9 Å². The lowest BCUT2D eigenvalue weighted by atomic mass is 9.90. The first-order valence-corrected chi connectivity index (χ1v) is 12.0. The maximum absolute atomic E-state index is 11.6. The molecule has 2 N–H and O–H groups in total. The Morgan fingerprint density at radius 3 is 2.37 bits per heavy atom. The van der Waals surface area contributed by atoms with Gasteiger partial charge in [-0.1, -0.05) is 73.7 Å². The number of likely N-dealkylation sites (N-methyl/N-ethyl adjacent to an activating group) is 1. The van der Waals surface area contributed by atoms with Crippen molar-refractivity contribution in [1.82, 2.24) is 4.90 Å². The molecule has 1 aliphatic heterocycles. The standard InChI is InChI=1S/C29H34N2O4/c1-20-27(18-31(3)17-22-8-5-4-6-9-22)34-29(25-10-7-11-26(16-25)30-21(2)33)35-28(20)24-14-12-23(19-32)13-15-24/h4-16,20,27-29,32H,17-19H2,1-3H3,(H,30,33)/t20-,27+,28+,29+/m1/s1. The van der Waals surface area contributed by atoms with E-state index in [9.17, 15) is 9.90 Å². The first-order valence-electron chi connectivity index (χ1n) is 12.0. The van der Waals surface area contributed by atoms with Gasteiger partial charge in [0, 0.05) is 37.2 Å². The quantitative estimate of drug-likeness (QED) is 0.478. The zero-order valence-corrected chi connectivity index (χ0v) is 20.6. The number of nitrogens with one attached hydrogen (secondary N) is 1. The van der Waals surface area contributed by atoms with Crippen LogP contribution >= 0.6 is 0 Å². The lowest BCUT2D eigenvalue weighted by molar-refractivity contribution is -0.276. The molecule has 6 nitrogen and oxygen atoms in total. The maximum Gasteiger partial charge on any atom is 0.221 e. The molecule has 0 saturated carbocycles. The smallest absolute Gasteiger partial charge is 0.221 e. The number of benzene rings is 3. The average molecular weight is 475 g/mol. The van der Waals surface area contributed by atoms with E-state index >= 15 is 0 Å². The number of aliphatic hydroxyl groups is 1. The Morgan fingerprint density at radius 2 is 1.69 bits per heavy atom. The molecule has 1 aliphatic rings. The van der Waals surface area contributed by atoms with Crippen molar-refractivity contribution < 1.29 is 19.4 Å². The summed E-state index contributed by atoms with van der Waals surface area (Å²) in [4.78, 5) is 13.8. The van der Waals surface area contributed by atoms with Crippen LogP contribution in [0.15, 0.2) is 78.9 Å². The Balaban J connectivity index is 1.58. The Labute approximate surface area is 207 Å². The molecule has 6 heteroatoms. The predicted octanol–water partition coefficient (Wildman–Crippen LogP) is 5.06. The van der Waals surface area contributed by atoms with Crippen molar-refractivity contribution in [2.24, 2.45) is 5.92 Å². The van der Waals surface area contributed by atoms with Crippen LogP contribution in [0, 0.1) is 5.92 Å². The fourth-order valence-electron chi connectivity index (χ4n) is 4.56. The molecular weight excluding hydrogens is 440 g/mol. The van der Waals surface area contributed by atoms with Crippen molar-refractivity contribution in [2.45, 2.75) is 45.5 Å². The number of carbonyl (C=O) groups excluding carboxylic acids is 1. The van der Waals surface area contributed by atoms with Gasteiger partial charge in [0.05, 0.1) is 18.8 Å². The minimum absolute atomic E-state index is 0.00986. The zero-order chi connectivity index (χ0) is 24.8. The van der Waals surface area contributed by atoms with Gasteiger partial charge in [-0.3, -0.25) is 9.69 Å². The number of hydrogen-bond acceptors (Lipinski definition) is 5. The lowest BCUT2D eigenvalue weighted by Crippen LogP contribution is -2.43. The summed E-state index contributed by atoms with van der Waals surface area (Å²) in [6, 6.07) is 25.9. The second kappa shape index (κ2) is 11.6. The number of amides is 1. The molecule has 0 bridgehead atoms. The Morgan fingerprint density at radius 1 is 0.943 bits per heavy atom. The number of nitrogens with zero attached hydrogens (tertiary/aromatic N) is 1. The molecule has 0 aliphatic carbocycles. The Kier molecular flexibility index (Phi) is 8.31. The second-order valence-electron chi connectivity index (χ2n) is 9.31. The van der Waals surface area contributed by atoms with Gasteiger partial charge in [0.1, 0.15) is 0 Å². The van der Waals surface area contributed by atoms with Crippen LogP contribution in [-0.4, -0.2) is 35.6 Å². The summed E-state index contributed by atoms with van der Waals surface area (Å²) >= 11 is 0. The normalized spacial score (nSPS) is 22.2. The van der Waals surface area contributed by atoms with Crippen LogP contribution in [0.4, 0.5) is 5.69 Å². The van der Waals surface area contributed by atoms with Gasteiger partial charge in [-0.25, -0.2) is 0 Å². The summed E-state index contributed by atoms with van der Waals surface area (Å²) in [5.74, 6) is -0.0218. The number of hydrogen-bond donors (Lipinski definition) is 2. The molecule has 1 heterocycles. The van der Waals surface area contributed by atoms with Crippen LogP contribution in [0.25, 0.3) is 0 Å². The monoisotopic (exact) mass is 474 g/mol. The molecule has 4 rings (SSSR count). The molecule has 0 spiro atoms. The molecule has 1 saturated heterocycles. The minimum Gasteiger partial charge on any atom is -0.392 e.